The van der Waals surface area contributed by atoms with Gasteiger partial charge < -0.3 is 9.73 Å². The van der Waals surface area contributed by atoms with Gasteiger partial charge in [-0.25, -0.2) is 4.98 Å². The van der Waals surface area contributed by atoms with Gasteiger partial charge in [0.05, 0.1) is 29.0 Å². The number of nitrogens with one attached hydrogen (secondary N) is 1. The highest BCUT2D eigenvalue weighted by Crippen LogP contribution is 2.32. The molecule has 1 aromatic carbocycles. The summed E-state index contributed by atoms with van der Waals surface area (Å²) < 4.78 is 7.45. The Hall–Kier alpha value is -2.58. The minimum atomic E-state index is -0.0795. The molecule has 1 fully saturated rings. The predicted octanol–water partition coefficient (Wildman–Crippen LogP) is 4.40. The molecule has 2 heterocycles. The largest absolute Gasteiger partial charge is 0.468 e. The molecule has 2 aromatic heterocycles. The van der Waals surface area contributed by atoms with Crippen LogP contribution in [-0.4, -0.2) is 45.7 Å². The lowest BCUT2D eigenvalue weighted by Crippen LogP contribution is -2.38. The Bertz CT molecular complexity index is 1120. The van der Waals surface area contributed by atoms with Gasteiger partial charge in [0.2, 0.25) is 5.91 Å². The molecule has 0 saturated heterocycles. The van der Waals surface area contributed by atoms with Crippen molar-refractivity contribution >= 4 is 28.6 Å². The number of aromatic nitrogens is 2. The van der Waals surface area contributed by atoms with Crippen LogP contribution >= 0.6 is 11.8 Å². The number of carbonyl (C=O) groups excluding carboxylic acids is 1. The number of benzene rings is 1. The van der Waals surface area contributed by atoms with Gasteiger partial charge in [0.1, 0.15) is 5.76 Å². The zero-order valence-electron chi connectivity index (χ0n) is 19.3. The molecule has 8 heteroatoms. The second-order valence-electron chi connectivity index (χ2n) is 8.37. The van der Waals surface area contributed by atoms with E-state index in [0.717, 1.165) is 44.5 Å². The van der Waals surface area contributed by atoms with Crippen LogP contribution in [0, 0.1) is 0 Å². The van der Waals surface area contributed by atoms with Gasteiger partial charge in [0.25, 0.3) is 5.56 Å². The second kappa shape index (κ2) is 11.0. The number of hydrogen-bond donors (Lipinski definition) is 1. The van der Waals surface area contributed by atoms with Crippen molar-refractivity contribution in [3.63, 3.8) is 0 Å². The van der Waals surface area contributed by atoms with E-state index in [-0.39, 0.29) is 29.3 Å². The van der Waals surface area contributed by atoms with Crippen molar-refractivity contribution in [2.75, 3.05) is 25.4 Å². The molecule has 33 heavy (non-hydrogen) atoms. The van der Waals surface area contributed by atoms with Crippen LogP contribution in [0.4, 0.5) is 0 Å². The Kier molecular flexibility index (Phi) is 7.88. The average Bonchev–Trinajstić information content (AvgIpc) is 3.55. The first-order valence-electron chi connectivity index (χ1n) is 11.8. The lowest BCUT2D eigenvalue weighted by atomic mass is 10.2. The minimum Gasteiger partial charge on any atom is -0.468 e. The number of likely N-dealkylation sites (N-methyl/N-ethyl adjacent to an activating group) is 1. The van der Waals surface area contributed by atoms with Crippen LogP contribution in [0.15, 0.2) is 57.0 Å². The van der Waals surface area contributed by atoms with Crippen molar-refractivity contribution in [3.05, 3.63) is 58.8 Å². The van der Waals surface area contributed by atoms with Gasteiger partial charge in [-0.05, 0) is 50.2 Å². The molecule has 0 aliphatic heterocycles. The van der Waals surface area contributed by atoms with E-state index < -0.39 is 0 Å². The van der Waals surface area contributed by atoms with E-state index in [1.807, 2.05) is 41.0 Å². The number of nitrogens with zero attached hydrogens (tertiary/aromatic N) is 3. The van der Waals surface area contributed by atoms with Gasteiger partial charge in [-0.15, -0.1) is 0 Å². The van der Waals surface area contributed by atoms with Gasteiger partial charge in [0.15, 0.2) is 5.16 Å². The monoisotopic (exact) mass is 468 g/mol. The number of thioether (sulfide) groups is 1. The summed E-state index contributed by atoms with van der Waals surface area (Å²) in [6.45, 7) is 6.40. The average molecular weight is 469 g/mol. The van der Waals surface area contributed by atoms with Crippen molar-refractivity contribution in [1.29, 1.82) is 0 Å². The quantitative estimate of drug-likeness (QED) is 0.351. The van der Waals surface area contributed by atoms with Gasteiger partial charge in [-0.1, -0.05) is 50.6 Å². The van der Waals surface area contributed by atoms with Gasteiger partial charge in [-0.3, -0.25) is 19.1 Å². The molecule has 0 radical (unpaired) electrons. The van der Waals surface area contributed by atoms with E-state index in [1.54, 1.807) is 6.26 Å². The van der Waals surface area contributed by atoms with Crippen molar-refractivity contribution in [3.8, 4) is 0 Å². The normalized spacial score (nSPS) is 15.4. The molecule has 4 rings (SSSR count). The summed E-state index contributed by atoms with van der Waals surface area (Å²) in [6.07, 6.45) is 5.86. The van der Waals surface area contributed by atoms with Crippen molar-refractivity contribution in [1.82, 2.24) is 19.8 Å². The molecule has 0 spiro atoms. The van der Waals surface area contributed by atoms with E-state index in [9.17, 15) is 9.59 Å². The molecular formula is C25H32N4O3S. The predicted molar refractivity (Wildman–Crippen MR) is 132 cm³/mol. The first-order chi connectivity index (χ1) is 16.1. The van der Waals surface area contributed by atoms with Gasteiger partial charge in [0, 0.05) is 12.6 Å². The fraction of sp³-hybridized carbons (Fsp3) is 0.480. The fourth-order valence-corrected chi connectivity index (χ4v) is 5.55. The number of fused-ring (bicyclic) bond motifs is 1. The maximum atomic E-state index is 13.3. The summed E-state index contributed by atoms with van der Waals surface area (Å²) in [6, 6.07) is 11.4. The van der Waals surface area contributed by atoms with Crippen molar-refractivity contribution in [2.45, 2.75) is 56.8 Å². The molecule has 1 atom stereocenters. The Labute approximate surface area is 198 Å². The lowest BCUT2D eigenvalue weighted by molar-refractivity contribution is -0.118. The van der Waals surface area contributed by atoms with Crippen LogP contribution in [-0.2, 0) is 4.79 Å². The highest BCUT2D eigenvalue weighted by atomic mass is 32.2. The number of furan rings is 1. The molecule has 7 nitrogen and oxygen atoms in total. The van der Waals surface area contributed by atoms with E-state index >= 15 is 0 Å². The van der Waals surface area contributed by atoms with E-state index in [1.165, 1.54) is 11.8 Å². The van der Waals surface area contributed by atoms with Crippen LogP contribution in [0.25, 0.3) is 10.9 Å². The first kappa shape index (κ1) is 23.6. The standard InChI is InChI=1S/C25H32N4O3S/c1-3-28(4-2)21(22-14-9-15-32-22)16-26-23(30)17-33-25-27-20-13-8-7-12-19(20)24(31)29(25)18-10-5-6-11-18/h7-9,12-15,18,21H,3-6,10-11,16-17H2,1-2H3,(H,26,30). The molecule has 3 aromatic rings. The third-order valence-corrected chi connectivity index (χ3v) is 7.37. The van der Waals surface area contributed by atoms with E-state index in [4.69, 9.17) is 9.40 Å². The lowest BCUT2D eigenvalue weighted by Gasteiger charge is -2.28. The Morgan fingerprint density at radius 3 is 2.67 bits per heavy atom. The van der Waals surface area contributed by atoms with Crippen molar-refractivity contribution in [2.24, 2.45) is 0 Å². The number of amides is 1. The smallest absolute Gasteiger partial charge is 0.262 e. The van der Waals surface area contributed by atoms with Gasteiger partial charge in [-0.2, -0.15) is 0 Å². The van der Waals surface area contributed by atoms with Crippen LogP contribution in [0.3, 0.4) is 0 Å². The summed E-state index contributed by atoms with van der Waals surface area (Å²) in [4.78, 5) is 33.1. The summed E-state index contributed by atoms with van der Waals surface area (Å²) in [7, 11) is 0. The zero-order valence-corrected chi connectivity index (χ0v) is 20.1. The SMILES string of the molecule is CCN(CC)C(CNC(=O)CSc1nc2ccccc2c(=O)n1C1CCCC1)c1ccco1. The zero-order chi connectivity index (χ0) is 23.2. The summed E-state index contributed by atoms with van der Waals surface area (Å²) >= 11 is 1.34. The number of carbonyl (C=O) groups is 1. The highest BCUT2D eigenvalue weighted by molar-refractivity contribution is 7.99. The van der Waals surface area contributed by atoms with E-state index in [2.05, 4.69) is 24.1 Å². The van der Waals surface area contributed by atoms with Gasteiger partial charge >= 0.3 is 0 Å². The summed E-state index contributed by atoms with van der Waals surface area (Å²) in [5.74, 6) is 0.975. The Morgan fingerprint density at radius 2 is 1.97 bits per heavy atom. The molecule has 1 N–H and O–H groups in total. The molecule has 1 aliphatic rings. The second-order valence-corrected chi connectivity index (χ2v) is 9.31. The number of rotatable bonds is 10. The first-order valence-corrected chi connectivity index (χ1v) is 12.8. The summed E-state index contributed by atoms with van der Waals surface area (Å²) in [5.41, 5.74) is 0.675. The molecule has 1 amide bonds. The molecule has 1 aliphatic carbocycles. The van der Waals surface area contributed by atoms with Crippen LogP contribution in [0.2, 0.25) is 0 Å². The molecular weight excluding hydrogens is 436 g/mol. The topological polar surface area (TPSA) is 80.4 Å². The Morgan fingerprint density at radius 1 is 1.21 bits per heavy atom. The fourth-order valence-electron chi connectivity index (χ4n) is 4.66. The number of para-hydroxylation sites is 1. The Balaban J connectivity index is 1.48. The van der Waals surface area contributed by atoms with Crippen LogP contribution in [0.5, 0.6) is 0 Å². The third kappa shape index (κ3) is 5.33. The molecule has 1 saturated carbocycles. The maximum absolute atomic E-state index is 13.3. The maximum Gasteiger partial charge on any atom is 0.262 e. The van der Waals surface area contributed by atoms with Crippen molar-refractivity contribution < 1.29 is 9.21 Å². The van der Waals surface area contributed by atoms with Crippen LogP contribution < -0.4 is 10.9 Å². The molecule has 1 unspecified atom stereocenters. The van der Waals surface area contributed by atoms with Crippen LogP contribution in [0.1, 0.15) is 57.4 Å². The molecule has 0 bridgehead atoms. The molecule has 176 valence electrons. The van der Waals surface area contributed by atoms with E-state index in [0.29, 0.717) is 22.6 Å². The third-order valence-electron chi connectivity index (χ3n) is 6.41. The minimum absolute atomic E-state index is 0.00479. The summed E-state index contributed by atoms with van der Waals surface area (Å²) in [5, 5.41) is 4.32. The highest BCUT2D eigenvalue weighted by Gasteiger charge is 2.24. The number of hydrogen-bond acceptors (Lipinski definition) is 6.